The summed E-state index contributed by atoms with van der Waals surface area (Å²) >= 11 is 0. The third kappa shape index (κ3) is 4.17. The van der Waals surface area contributed by atoms with Gasteiger partial charge in [-0.2, -0.15) is 0 Å². The lowest BCUT2D eigenvalue weighted by atomic mass is 9.95. The number of H-pyrrole nitrogens is 2. The van der Waals surface area contributed by atoms with Crippen LogP contribution in [0, 0.1) is 5.92 Å². The highest BCUT2D eigenvalue weighted by Gasteiger charge is 2.22. The molecule has 10 heteroatoms. The zero-order chi connectivity index (χ0) is 23.7. The van der Waals surface area contributed by atoms with E-state index in [1.54, 1.807) is 6.07 Å². The molecule has 0 bridgehead atoms. The molecule has 0 fully saturated rings. The summed E-state index contributed by atoms with van der Waals surface area (Å²) in [7, 11) is 0. The summed E-state index contributed by atoms with van der Waals surface area (Å²) in [5.74, 6) is 1.82. The molecule has 0 spiro atoms. The second-order valence-electron chi connectivity index (χ2n) is 8.31. The minimum atomic E-state index is -0.451. The molecule has 0 unspecified atom stereocenters. The predicted octanol–water partition coefficient (Wildman–Crippen LogP) is 3.48. The van der Waals surface area contributed by atoms with Gasteiger partial charge in [0.15, 0.2) is 11.5 Å². The Kier molecular flexibility index (Phi) is 5.62. The summed E-state index contributed by atoms with van der Waals surface area (Å²) in [5.41, 5.74) is 1.68. The molecule has 0 aliphatic carbocycles. The highest BCUT2D eigenvalue weighted by atomic mass is 16.6. The molecule has 34 heavy (non-hydrogen) atoms. The quantitative estimate of drug-likeness (QED) is 0.346. The molecular weight excluding hydrogens is 436 g/mol. The third-order valence-electron chi connectivity index (χ3n) is 5.63. The Balaban J connectivity index is 1.44. The number of hydrogen-bond donors (Lipinski definition) is 4. The average molecular weight is 460 g/mol. The first-order valence-corrected chi connectivity index (χ1v) is 11.0. The van der Waals surface area contributed by atoms with E-state index in [4.69, 9.17) is 9.47 Å². The van der Waals surface area contributed by atoms with Gasteiger partial charge in [0, 0.05) is 18.5 Å². The number of pyridine rings is 1. The second kappa shape index (κ2) is 8.89. The summed E-state index contributed by atoms with van der Waals surface area (Å²) in [5, 5.41) is 6.78. The standard InChI is InChI=1S/C24H24N6O4/c1-13(2)21(14-3-4-19-20(9-14)34-8-7-33-19)30-23-15-10-16(28-22(15)26-12-27-23)24(32)29-17-11-25-6-5-18(17)31/h3-6,9-13,21H,7-8H2,1-2H3,(H,25,31)(H,29,32)(H2,26,27,28,30)/t21-/m1/s1. The van der Waals surface area contributed by atoms with Crippen LogP contribution in [0.25, 0.3) is 11.0 Å². The molecule has 4 N–H and O–H groups in total. The van der Waals surface area contributed by atoms with Crippen LogP contribution in [-0.4, -0.2) is 39.1 Å². The molecule has 5 rings (SSSR count). The van der Waals surface area contributed by atoms with Crippen LogP contribution in [0.2, 0.25) is 0 Å². The fourth-order valence-corrected chi connectivity index (χ4v) is 3.92. The van der Waals surface area contributed by atoms with E-state index in [9.17, 15) is 9.59 Å². The smallest absolute Gasteiger partial charge is 0.272 e. The molecule has 0 saturated heterocycles. The van der Waals surface area contributed by atoms with E-state index >= 15 is 0 Å². The first-order valence-electron chi connectivity index (χ1n) is 11.0. The van der Waals surface area contributed by atoms with Gasteiger partial charge in [-0.15, -0.1) is 0 Å². The second-order valence-corrected chi connectivity index (χ2v) is 8.31. The number of carbonyl (C=O) groups excluding carboxylic acids is 1. The maximum atomic E-state index is 12.7. The van der Waals surface area contributed by atoms with Gasteiger partial charge in [-0.1, -0.05) is 19.9 Å². The Bertz CT molecular complexity index is 1410. The third-order valence-corrected chi connectivity index (χ3v) is 5.63. The Morgan fingerprint density at radius 2 is 1.91 bits per heavy atom. The normalized spacial score (nSPS) is 13.6. The lowest BCUT2D eigenvalue weighted by Crippen LogP contribution is -2.19. The van der Waals surface area contributed by atoms with E-state index in [0.29, 0.717) is 30.1 Å². The summed E-state index contributed by atoms with van der Waals surface area (Å²) in [6, 6.07) is 8.85. The monoisotopic (exact) mass is 460 g/mol. The number of hydrogen-bond acceptors (Lipinski definition) is 7. The summed E-state index contributed by atoms with van der Waals surface area (Å²) < 4.78 is 11.4. The molecule has 3 aromatic heterocycles. The van der Waals surface area contributed by atoms with Crippen molar-refractivity contribution in [2.75, 3.05) is 23.8 Å². The van der Waals surface area contributed by atoms with E-state index in [2.05, 4.69) is 44.4 Å². The molecule has 10 nitrogen and oxygen atoms in total. The molecule has 4 aromatic rings. The van der Waals surface area contributed by atoms with Crippen molar-refractivity contribution in [3.63, 3.8) is 0 Å². The number of carbonyl (C=O) groups is 1. The van der Waals surface area contributed by atoms with Gasteiger partial charge in [0.1, 0.15) is 42.4 Å². The summed E-state index contributed by atoms with van der Waals surface area (Å²) in [6.07, 6.45) is 4.38. The van der Waals surface area contributed by atoms with Crippen molar-refractivity contribution in [3.8, 4) is 11.5 Å². The van der Waals surface area contributed by atoms with Crippen molar-refractivity contribution >= 4 is 28.4 Å². The molecule has 1 aromatic carbocycles. The molecular formula is C24H24N6O4. The lowest BCUT2D eigenvalue weighted by Gasteiger charge is -2.26. The van der Waals surface area contributed by atoms with E-state index < -0.39 is 5.91 Å². The topological polar surface area (TPSA) is 134 Å². The van der Waals surface area contributed by atoms with Crippen molar-refractivity contribution in [3.05, 3.63) is 70.5 Å². The van der Waals surface area contributed by atoms with Gasteiger partial charge in [-0.05, 0) is 29.7 Å². The number of aromatic nitrogens is 4. The lowest BCUT2D eigenvalue weighted by molar-refractivity contribution is 0.102. The molecule has 0 saturated carbocycles. The first-order chi connectivity index (χ1) is 16.5. The van der Waals surface area contributed by atoms with Gasteiger partial charge >= 0.3 is 0 Å². The number of ether oxygens (including phenoxy) is 2. The Hall–Kier alpha value is -4.34. The predicted molar refractivity (Wildman–Crippen MR) is 128 cm³/mol. The van der Waals surface area contributed by atoms with Crippen molar-refractivity contribution in [2.24, 2.45) is 5.92 Å². The van der Waals surface area contributed by atoms with Crippen LogP contribution in [0.1, 0.15) is 35.9 Å². The SMILES string of the molecule is CC(C)[C@@H](Nc1ncnc2[nH]c(C(=O)Nc3c[nH]ccc3=O)cc12)c1ccc2c(c1)OCCO2. The minimum Gasteiger partial charge on any atom is -0.486 e. The van der Waals surface area contributed by atoms with Crippen molar-refractivity contribution in [2.45, 2.75) is 19.9 Å². The average Bonchev–Trinajstić information content (AvgIpc) is 3.29. The number of anilines is 2. The van der Waals surface area contributed by atoms with Crippen LogP contribution in [-0.2, 0) is 0 Å². The van der Waals surface area contributed by atoms with Crippen LogP contribution in [0.5, 0.6) is 11.5 Å². The zero-order valence-corrected chi connectivity index (χ0v) is 18.7. The maximum Gasteiger partial charge on any atom is 0.272 e. The van der Waals surface area contributed by atoms with Crippen LogP contribution >= 0.6 is 0 Å². The van der Waals surface area contributed by atoms with Gasteiger partial charge in [0.25, 0.3) is 5.91 Å². The molecule has 1 atom stereocenters. The molecule has 0 radical (unpaired) electrons. The Morgan fingerprint density at radius 3 is 2.71 bits per heavy atom. The van der Waals surface area contributed by atoms with Crippen molar-refractivity contribution < 1.29 is 14.3 Å². The zero-order valence-electron chi connectivity index (χ0n) is 18.7. The Labute approximate surface area is 194 Å². The highest BCUT2D eigenvalue weighted by Crippen LogP contribution is 2.36. The van der Waals surface area contributed by atoms with E-state index in [1.165, 1.54) is 24.8 Å². The van der Waals surface area contributed by atoms with Gasteiger partial charge in [0.05, 0.1) is 11.4 Å². The van der Waals surface area contributed by atoms with Crippen LogP contribution in [0.15, 0.2) is 53.8 Å². The van der Waals surface area contributed by atoms with Gasteiger partial charge in [0.2, 0.25) is 5.43 Å². The number of rotatable bonds is 6. The number of nitrogens with zero attached hydrogens (tertiary/aromatic N) is 2. The van der Waals surface area contributed by atoms with Crippen molar-refractivity contribution in [1.82, 2.24) is 19.9 Å². The van der Waals surface area contributed by atoms with Gasteiger partial charge < -0.3 is 30.1 Å². The molecule has 4 heterocycles. The van der Waals surface area contributed by atoms with Crippen LogP contribution < -0.4 is 25.5 Å². The van der Waals surface area contributed by atoms with Crippen molar-refractivity contribution in [1.29, 1.82) is 0 Å². The molecule has 174 valence electrons. The van der Waals surface area contributed by atoms with E-state index in [1.807, 2.05) is 18.2 Å². The number of amides is 1. The summed E-state index contributed by atoms with van der Waals surface area (Å²) in [6.45, 7) is 5.28. The van der Waals surface area contributed by atoms with Gasteiger partial charge in [-0.25, -0.2) is 9.97 Å². The summed E-state index contributed by atoms with van der Waals surface area (Å²) in [4.78, 5) is 39.2. The molecule has 1 aliphatic rings. The van der Waals surface area contributed by atoms with Crippen LogP contribution in [0.3, 0.4) is 0 Å². The maximum absolute atomic E-state index is 12.7. The number of benzene rings is 1. The number of aromatic amines is 2. The Morgan fingerprint density at radius 1 is 1.09 bits per heavy atom. The number of fused-ring (bicyclic) bond motifs is 2. The van der Waals surface area contributed by atoms with Crippen LogP contribution in [0.4, 0.5) is 11.5 Å². The first kappa shape index (κ1) is 21.5. The molecule has 1 aliphatic heterocycles. The van der Waals surface area contributed by atoms with Gasteiger partial charge in [-0.3, -0.25) is 9.59 Å². The minimum absolute atomic E-state index is 0.0796. The largest absolute Gasteiger partial charge is 0.486 e. The van der Waals surface area contributed by atoms with E-state index in [0.717, 1.165) is 17.1 Å². The number of nitrogens with one attached hydrogen (secondary N) is 4. The molecule has 1 amide bonds. The fraction of sp³-hybridized carbons (Fsp3) is 0.250. The fourth-order valence-electron chi connectivity index (χ4n) is 3.92. The highest BCUT2D eigenvalue weighted by molar-refractivity contribution is 6.06. The van der Waals surface area contributed by atoms with E-state index in [-0.39, 0.29) is 28.8 Å².